The number of hydrogen-bond acceptors (Lipinski definition) is 3. The summed E-state index contributed by atoms with van der Waals surface area (Å²) in [6.07, 6.45) is 3.60. The fourth-order valence-electron chi connectivity index (χ4n) is 2.24. The van der Waals surface area contributed by atoms with Gasteiger partial charge in [0.05, 0.1) is 10.6 Å². The molecule has 1 aliphatic heterocycles. The number of nitrogens with zero attached hydrogens (tertiary/aromatic N) is 2. The van der Waals surface area contributed by atoms with Crippen LogP contribution in [0.25, 0.3) is 6.08 Å². The summed E-state index contributed by atoms with van der Waals surface area (Å²) in [4.78, 5) is 19.6. The quantitative estimate of drug-likeness (QED) is 0.520. The molecule has 0 bridgehead atoms. The van der Waals surface area contributed by atoms with Crippen LogP contribution in [-0.4, -0.2) is 22.5 Å². The minimum Gasteiger partial charge on any atom is -0.283 e. The summed E-state index contributed by atoms with van der Waals surface area (Å²) >= 11 is 4.84. The maximum absolute atomic E-state index is 12.7. The first-order valence-corrected chi connectivity index (χ1v) is 9.00. The highest BCUT2D eigenvalue weighted by Crippen LogP contribution is 2.34. The number of thioether (sulfide) groups is 1. The van der Waals surface area contributed by atoms with Crippen LogP contribution in [-0.2, 0) is 4.79 Å². The molecule has 2 aromatic carbocycles. The lowest BCUT2D eigenvalue weighted by molar-refractivity contribution is -0.121. The number of carbonyl (C=O) groups is 1. The molecule has 1 saturated heterocycles. The number of benzene rings is 2. The highest BCUT2D eigenvalue weighted by Gasteiger charge is 2.32. The van der Waals surface area contributed by atoms with Crippen molar-refractivity contribution in [2.45, 2.75) is 0 Å². The molecule has 1 heterocycles. The van der Waals surface area contributed by atoms with Gasteiger partial charge in [-0.1, -0.05) is 52.3 Å². The van der Waals surface area contributed by atoms with Crippen LogP contribution in [0.15, 0.2) is 81.6 Å². The number of amides is 1. The predicted molar refractivity (Wildman–Crippen MR) is 105 cm³/mol. The summed E-state index contributed by atoms with van der Waals surface area (Å²) in [6, 6.07) is 17.5. The SMILES string of the molecule is C=CCN1C(=O)/C(=C\c2cccc(Br)c2)SC1=Nc1ccccc1. The van der Waals surface area contributed by atoms with E-state index < -0.39 is 0 Å². The molecule has 1 aliphatic rings. The van der Waals surface area contributed by atoms with Crippen molar-refractivity contribution in [3.63, 3.8) is 0 Å². The lowest BCUT2D eigenvalue weighted by Gasteiger charge is -2.12. The Morgan fingerprint density at radius 1 is 1.17 bits per heavy atom. The second-order valence-electron chi connectivity index (χ2n) is 5.10. The van der Waals surface area contributed by atoms with Crippen molar-refractivity contribution in [3.8, 4) is 0 Å². The molecule has 2 aromatic rings. The third-order valence-corrected chi connectivity index (χ3v) is 4.83. The van der Waals surface area contributed by atoms with Crippen LogP contribution in [0.4, 0.5) is 5.69 Å². The molecule has 120 valence electrons. The lowest BCUT2D eigenvalue weighted by Crippen LogP contribution is -2.29. The predicted octanol–water partition coefficient (Wildman–Crippen LogP) is 5.24. The van der Waals surface area contributed by atoms with Crippen LogP contribution in [0, 0.1) is 0 Å². The van der Waals surface area contributed by atoms with Gasteiger partial charge in [0.15, 0.2) is 5.17 Å². The maximum atomic E-state index is 12.7. The fourth-order valence-corrected chi connectivity index (χ4v) is 3.67. The normalized spacial score (nSPS) is 17.7. The topological polar surface area (TPSA) is 32.7 Å². The summed E-state index contributed by atoms with van der Waals surface area (Å²) in [5.41, 5.74) is 1.80. The zero-order valence-corrected chi connectivity index (χ0v) is 15.3. The number of halogens is 1. The van der Waals surface area contributed by atoms with Crippen molar-refractivity contribution < 1.29 is 4.79 Å². The van der Waals surface area contributed by atoms with Gasteiger partial charge in [-0.3, -0.25) is 9.69 Å². The zero-order valence-electron chi connectivity index (χ0n) is 12.9. The summed E-state index contributed by atoms with van der Waals surface area (Å²) in [5.74, 6) is -0.0467. The molecule has 0 atom stereocenters. The van der Waals surface area contributed by atoms with E-state index in [1.165, 1.54) is 11.8 Å². The number of amidine groups is 1. The average molecular weight is 399 g/mol. The van der Waals surface area contributed by atoms with E-state index in [0.29, 0.717) is 16.6 Å². The van der Waals surface area contributed by atoms with Crippen LogP contribution in [0.3, 0.4) is 0 Å². The van der Waals surface area contributed by atoms with Crippen LogP contribution in [0.1, 0.15) is 5.56 Å². The molecule has 3 nitrogen and oxygen atoms in total. The number of carbonyl (C=O) groups excluding carboxylic acids is 1. The Labute approximate surface area is 153 Å². The minimum absolute atomic E-state index is 0.0467. The summed E-state index contributed by atoms with van der Waals surface area (Å²) in [5, 5.41) is 0.673. The van der Waals surface area contributed by atoms with E-state index in [2.05, 4.69) is 27.5 Å². The molecule has 1 fully saturated rings. The smallest absolute Gasteiger partial charge is 0.267 e. The van der Waals surface area contributed by atoms with Gasteiger partial charge in [-0.15, -0.1) is 6.58 Å². The number of aliphatic imine (C=N–C) groups is 1. The molecule has 24 heavy (non-hydrogen) atoms. The number of hydrogen-bond donors (Lipinski definition) is 0. The second-order valence-corrected chi connectivity index (χ2v) is 7.02. The van der Waals surface area contributed by atoms with Gasteiger partial charge in [-0.2, -0.15) is 0 Å². The van der Waals surface area contributed by atoms with E-state index in [-0.39, 0.29) is 5.91 Å². The molecule has 0 unspecified atom stereocenters. The highest BCUT2D eigenvalue weighted by atomic mass is 79.9. The van der Waals surface area contributed by atoms with Gasteiger partial charge >= 0.3 is 0 Å². The molecule has 3 rings (SSSR count). The molecule has 0 aliphatic carbocycles. The fraction of sp³-hybridized carbons (Fsp3) is 0.0526. The Balaban J connectivity index is 1.95. The lowest BCUT2D eigenvalue weighted by atomic mass is 10.2. The minimum atomic E-state index is -0.0467. The van der Waals surface area contributed by atoms with E-state index in [1.54, 1.807) is 11.0 Å². The molecule has 5 heteroatoms. The van der Waals surface area contributed by atoms with Crippen molar-refractivity contribution in [1.82, 2.24) is 4.90 Å². The Bertz CT molecular complexity index is 830. The third-order valence-electron chi connectivity index (χ3n) is 3.33. The average Bonchev–Trinajstić information content (AvgIpc) is 2.85. The van der Waals surface area contributed by atoms with E-state index in [0.717, 1.165) is 15.7 Å². The Kier molecular flexibility index (Phi) is 5.33. The first-order chi connectivity index (χ1) is 11.7. The monoisotopic (exact) mass is 398 g/mol. The molecule has 1 amide bonds. The molecule has 0 spiro atoms. The van der Waals surface area contributed by atoms with Gasteiger partial charge in [-0.05, 0) is 47.7 Å². The Morgan fingerprint density at radius 3 is 2.67 bits per heavy atom. The van der Waals surface area contributed by atoms with E-state index >= 15 is 0 Å². The summed E-state index contributed by atoms with van der Waals surface area (Å²) < 4.78 is 0.980. The largest absolute Gasteiger partial charge is 0.283 e. The second kappa shape index (κ2) is 7.64. The van der Waals surface area contributed by atoms with Crippen LogP contribution < -0.4 is 0 Å². The first-order valence-electron chi connectivity index (χ1n) is 7.39. The van der Waals surface area contributed by atoms with Crippen LogP contribution in [0.5, 0.6) is 0 Å². The van der Waals surface area contributed by atoms with E-state index in [4.69, 9.17) is 0 Å². The zero-order chi connectivity index (χ0) is 16.9. The summed E-state index contributed by atoms with van der Waals surface area (Å²) in [7, 11) is 0. The number of para-hydroxylation sites is 1. The van der Waals surface area contributed by atoms with Gasteiger partial charge in [0.1, 0.15) is 0 Å². The molecular formula is C19H15BrN2OS. The van der Waals surface area contributed by atoms with Gasteiger partial charge < -0.3 is 0 Å². The van der Waals surface area contributed by atoms with Crippen molar-refractivity contribution in [2.75, 3.05) is 6.54 Å². The summed E-state index contributed by atoms with van der Waals surface area (Å²) in [6.45, 7) is 4.17. The van der Waals surface area contributed by atoms with Crippen molar-refractivity contribution >= 4 is 50.5 Å². The standard InChI is InChI=1S/C19H15BrN2OS/c1-2-11-22-18(23)17(13-14-7-6-8-15(20)12-14)24-19(22)21-16-9-4-3-5-10-16/h2-10,12-13H,1,11H2/b17-13+,21-19?. The molecular weight excluding hydrogens is 384 g/mol. The van der Waals surface area contributed by atoms with E-state index in [9.17, 15) is 4.79 Å². The molecule has 0 saturated carbocycles. The third kappa shape index (κ3) is 3.86. The van der Waals surface area contributed by atoms with Gasteiger partial charge in [0, 0.05) is 11.0 Å². The van der Waals surface area contributed by atoms with Gasteiger partial charge in [-0.25, -0.2) is 4.99 Å². The van der Waals surface area contributed by atoms with Gasteiger partial charge in [0.2, 0.25) is 0 Å². The number of rotatable bonds is 4. The molecule has 0 radical (unpaired) electrons. The van der Waals surface area contributed by atoms with Crippen LogP contribution >= 0.6 is 27.7 Å². The van der Waals surface area contributed by atoms with Crippen molar-refractivity contribution in [2.24, 2.45) is 4.99 Å². The van der Waals surface area contributed by atoms with Crippen molar-refractivity contribution in [1.29, 1.82) is 0 Å². The van der Waals surface area contributed by atoms with Crippen LogP contribution in [0.2, 0.25) is 0 Å². The van der Waals surface area contributed by atoms with Crippen molar-refractivity contribution in [3.05, 3.63) is 82.2 Å². The Hall–Kier alpha value is -2.11. The molecule has 0 N–H and O–H groups in total. The highest BCUT2D eigenvalue weighted by molar-refractivity contribution is 9.10. The van der Waals surface area contributed by atoms with E-state index in [1.807, 2.05) is 60.7 Å². The molecule has 0 aromatic heterocycles. The Morgan fingerprint density at radius 2 is 1.96 bits per heavy atom. The first kappa shape index (κ1) is 16.7. The maximum Gasteiger partial charge on any atom is 0.267 e. The van der Waals surface area contributed by atoms with Gasteiger partial charge in [0.25, 0.3) is 5.91 Å².